The number of carbonyl (C=O) groups is 2. The van der Waals surface area contributed by atoms with Crippen molar-refractivity contribution in [2.24, 2.45) is 5.92 Å². The number of nitrogens with zero attached hydrogens (tertiary/aromatic N) is 1. The highest BCUT2D eigenvalue weighted by Crippen LogP contribution is 2.30. The molecule has 0 spiro atoms. The van der Waals surface area contributed by atoms with Gasteiger partial charge in [-0.3, -0.25) is 9.59 Å². The standard InChI is InChI=1S/C29H35Cl2N3O4S3/c1-19(2)15-24(33-29(36)26-16-20-7-3-4-9-25(20)40-26)28(35)32-12-6-5-8-22-18-39-14-13-34(22)41(37,38)27-11-10-21(30)17-23(27)31/h3-4,7,9-11,16-17,19,22,24H,5-6,8,12-15,18H2,1-2H3,(H,32,35)(H,33,36)/p+1/t22?,24-/m0/s1. The van der Waals surface area contributed by atoms with Gasteiger partial charge in [0.05, 0.1) is 22.5 Å². The highest BCUT2D eigenvalue weighted by molar-refractivity contribution is 7.89. The summed E-state index contributed by atoms with van der Waals surface area (Å²) in [5, 5.41) is 7.42. The second-order valence-electron chi connectivity index (χ2n) is 10.6. The zero-order chi connectivity index (χ0) is 29.6. The highest BCUT2D eigenvalue weighted by atomic mass is 35.5. The number of thiophene rings is 1. The lowest BCUT2D eigenvalue weighted by molar-refractivity contribution is -0.123. The summed E-state index contributed by atoms with van der Waals surface area (Å²) >= 11 is 14.8. The fourth-order valence-electron chi connectivity index (χ4n) is 4.91. The van der Waals surface area contributed by atoms with Gasteiger partial charge in [-0.25, -0.2) is 8.42 Å². The summed E-state index contributed by atoms with van der Waals surface area (Å²) in [6, 6.07) is 13.4. The fraction of sp³-hybridized carbons (Fsp3) is 0.448. The molecule has 0 bridgehead atoms. The van der Waals surface area contributed by atoms with Crippen LogP contribution in [-0.2, 0) is 26.6 Å². The van der Waals surface area contributed by atoms with Crippen LogP contribution in [0.4, 0.5) is 0 Å². The van der Waals surface area contributed by atoms with Gasteiger partial charge in [-0.15, -0.1) is 11.3 Å². The summed E-state index contributed by atoms with van der Waals surface area (Å²) in [6.07, 6.45) is 2.67. The number of benzene rings is 2. The lowest BCUT2D eigenvalue weighted by Gasteiger charge is -2.31. The third-order valence-corrected chi connectivity index (χ3v) is 11.9. The van der Waals surface area contributed by atoms with E-state index in [1.54, 1.807) is 4.31 Å². The molecule has 1 aliphatic heterocycles. The molecule has 2 amide bonds. The minimum Gasteiger partial charge on any atom is -0.354 e. The molecule has 1 fully saturated rings. The molecule has 41 heavy (non-hydrogen) atoms. The smallest absolute Gasteiger partial charge is 0.262 e. The Morgan fingerprint density at radius 2 is 1.90 bits per heavy atom. The number of fused-ring (bicyclic) bond motifs is 1. The number of halogens is 2. The predicted molar refractivity (Wildman–Crippen MR) is 172 cm³/mol. The minimum atomic E-state index is -3.75. The monoisotopic (exact) mass is 656 g/mol. The van der Waals surface area contributed by atoms with E-state index >= 15 is 0 Å². The Labute approximate surface area is 260 Å². The molecule has 2 aromatic carbocycles. The van der Waals surface area contributed by atoms with Crippen molar-refractivity contribution in [1.29, 1.82) is 0 Å². The first-order valence-corrected chi connectivity index (χ1v) is 18.0. The van der Waals surface area contributed by atoms with Crippen LogP contribution in [0, 0.1) is 5.92 Å². The number of hydrogen-bond donors (Lipinski definition) is 2. The van der Waals surface area contributed by atoms with Crippen molar-refractivity contribution in [3.63, 3.8) is 0 Å². The van der Waals surface area contributed by atoms with Gasteiger partial charge in [0, 0.05) is 16.3 Å². The second kappa shape index (κ2) is 14.6. The number of carbonyl (C=O) groups excluding carboxylic acids is 2. The molecule has 2 N–H and O–H groups in total. The maximum absolute atomic E-state index is 13.4. The highest BCUT2D eigenvalue weighted by Gasteiger charge is 2.37. The van der Waals surface area contributed by atoms with E-state index in [1.165, 1.54) is 41.3 Å². The van der Waals surface area contributed by atoms with Crippen LogP contribution in [-0.4, -0.2) is 61.2 Å². The topological polar surface area (TPSA) is 95.6 Å². The number of hydrogen-bond acceptors (Lipinski definition) is 5. The SMILES string of the molecule is CC(C)C[C@H](NC(=O)c1cc2ccccc2s1)C(=O)NCCCCC1C[SH+]CCN1S(=O)(=O)c1ccc(Cl)cc1Cl. The summed E-state index contributed by atoms with van der Waals surface area (Å²) < 4.78 is 29.4. The third-order valence-electron chi connectivity index (χ3n) is 6.95. The Morgan fingerprint density at radius 1 is 1.12 bits per heavy atom. The number of nitrogens with one attached hydrogen (secondary N) is 2. The third kappa shape index (κ3) is 8.39. The number of rotatable bonds is 12. The molecule has 1 aromatic heterocycles. The maximum Gasteiger partial charge on any atom is 0.262 e. The number of amides is 2. The Hall–Kier alpha value is -1.82. The molecule has 2 atom stereocenters. The number of sulfonamides is 1. The molecule has 2 heterocycles. The first-order chi connectivity index (χ1) is 19.6. The molecule has 4 rings (SSSR count). The van der Waals surface area contributed by atoms with Crippen molar-refractivity contribution in [3.8, 4) is 0 Å². The van der Waals surface area contributed by atoms with E-state index in [0.29, 0.717) is 42.3 Å². The molecule has 0 aliphatic carbocycles. The van der Waals surface area contributed by atoms with E-state index in [9.17, 15) is 18.0 Å². The number of unbranched alkanes of at least 4 members (excludes halogenated alkanes) is 1. The second-order valence-corrected chi connectivity index (χ2v) is 15.6. The van der Waals surface area contributed by atoms with Gasteiger partial charge in [0.1, 0.15) is 22.4 Å². The zero-order valence-electron chi connectivity index (χ0n) is 23.1. The van der Waals surface area contributed by atoms with Crippen LogP contribution >= 0.6 is 34.5 Å². The largest absolute Gasteiger partial charge is 0.354 e. The average Bonchev–Trinajstić information content (AvgIpc) is 3.37. The van der Waals surface area contributed by atoms with Gasteiger partial charge in [0.2, 0.25) is 15.9 Å². The quantitative estimate of drug-likeness (QED) is 0.152. The summed E-state index contributed by atoms with van der Waals surface area (Å²) in [7, 11) is -3.75. The molecule has 7 nitrogen and oxygen atoms in total. The fourth-order valence-corrected chi connectivity index (χ4v) is 9.74. The van der Waals surface area contributed by atoms with Gasteiger partial charge in [-0.1, -0.05) is 55.2 Å². The van der Waals surface area contributed by atoms with Gasteiger partial charge in [-0.05, 0) is 79.1 Å². The molecular formula is C29H36Cl2N3O4S3+. The van der Waals surface area contributed by atoms with E-state index in [0.717, 1.165) is 28.0 Å². The van der Waals surface area contributed by atoms with Crippen LogP contribution < -0.4 is 10.6 Å². The van der Waals surface area contributed by atoms with Gasteiger partial charge in [0.15, 0.2) is 0 Å². The Bertz CT molecular complexity index is 1450. The van der Waals surface area contributed by atoms with Gasteiger partial charge < -0.3 is 10.6 Å². The molecule has 3 aromatic rings. The molecule has 222 valence electrons. The molecule has 0 saturated carbocycles. The lowest BCUT2D eigenvalue weighted by atomic mass is 10.0. The summed E-state index contributed by atoms with van der Waals surface area (Å²) in [5.41, 5.74) is 0. The van der Waals surface area contributed by atoms with E-state index in [4.69, 9.17) is 23.2 Å². The average molecular weight is 658 g/mol. The minimum absolute atomic E-state index is 0.0771. The Morgan fingerprint density at radius 3 is 2.63 bits per heavy atom. The van der Waals surface area contributed by atoms with Gasteiger partial charge >= 0.3 is 0 Å². The van der Waals surface area contributed by atoms with E-state index in [-0.39, 0.29) is 33.7 Å². The van der Waals surface area contributed by atoms with E-state index < -0.39 is 16.1 Å². The van der Waals surface area contributed by atoms with Gasteiger partial charge in [0.25, 0.3) is 5.91 Å². The normalized spacial score (nSPS) is 17.0. The molecular weight excluding hydrogens is 621 g/mol. The number of thiol groups is 1. The molecule has 1 unspecified atom stereocenters. The summed E-state index contributed by atoms with van der Waals surface area (Å²) in [4.78, 5) is 26.7. The molecule has 12 heteroatoms. The first kappa shape index (κ1) is 32.1. The van der Waals surface area contributed by atoms with Crippen LogP contribution in [0.1, 0.15) is 49.2 Å². The van der Waals surface area contributed by atoms with Crippen LogP contribution in [0.3, 0.4) is 0 Å². The molecule has 0 radical (unpaired) electrons. The van der Waals surface area contributed by atoms with Crippen molar-refractivity contribution in [3.05, 3.63) is 63.5 Å². The van der Waals surface area contributed by atoms with Crippen molar-refractivity contribution < 1.29 is 18.0 Å². The Kier molecular flexibility index (Phi) is 11.4. The lowest BCUT2D eigenvalue weighted by Crippen LogP contribution is -2.48. The predicted octanol–water partition coefficient (Wildman–Crippen LogP) is 5.53. The molecule has 1 saturated heterocycles. The van der Waals surface area contributed by atoms with Crippen LogP contribution in [0.25, 0.3) is 10.1 Å². The van der Waals surface area contributed by atoms with Crippen molar-refractivity contribution in [2.45, 2.75) is 56.5 Å². The summed E-state index contributed by atoms with van der Waals surface area (Å²) in [5.74, 6) is 1.32. The molecule has 1 aliphatic rings. The van der Waals surface area contributed by atoms with E-state index in [1.807, 2.05) is 44.2 Å². The van der Waals surface area contributed by atoms with Crippen LogP contribution in [0.15, 0.2) is 53.4 Å². The van der Waals surface area contributed by atoms with Crippen molar-refractivity contribution >= 4 is 78.2 Å². The van der Waals surface area contributed by atoms with E-state index in [2.05, 4.69) is 10.6 Å². The first-order valence-electron chi connectivity index (χ1n) is 13.7. The van der Waals surface area contributed by atoms with Gasteiger partial charge in [-0.2, -0.15) is 4.31 Å². The summed E-state index contributed by atoms with van der Waals surface area (Å²) in [6.45, 7) is 4.94. The van der Waals surface area contributed by atoms with Crippen LogP contribution in [0.2, 0.25) is 10.0 Å². The maximum atomic E-state index is 13.4. The Balaban J connectivity index is 1.29. The van der Waals surface area contributed by atoms with Crippen molar-refractivity contribution in [2.75, 3.05) is 24.6 Å². The van der Waals surface area contributed by atoms with Crippen LogP contribution in [0.5, 0.6) is 0 Å². The van der Waals surface area contributed by atoms with Crippen molar-refractivity contribution in [1.82, 2.24) is 14.9 Å². The zero-order valence-corrected chi connectivity index (χ0v) is 27.1.